The first-order valence-corrected chi connectivity index (χ1v) is 17.3. The number of amides is 2. The number of fused-ring (bicyclic) bond motifs is 1. The van der Waals surface area contributed by atoms with Crippen molar-refractivity contribution in [2.75, 3.05) is 33.5 Å². The molecule has 1 fully saturated rings. The van der Waals surface area contributed by atoms with Gasteiger partial charge in [-0.25, -0.2) is 14.8 Å². The molecule has 2 aromatic rings. The maximum Gasteiger partial charge on any atom is 0.410 e. The molecule has 0 bridgehead atoms. The lowest BCUT2D eigenvalue weighted by atomic mass is 10.2. The van der Waals surface area contributed by atoms with Gasteiger partial charge in [0.1, 0.15) is 24.5 Å². The van der Waals surface area contributed by atoms with Crippen LogP contribution in [0.4, 0.5) is 4.79 Å². The summed E-state index contributed by atoms with van der Waals surface area (Å²) in [5.41, 5.74) is 0.788. The first-order chi connectivity index (χ1) is 18.3. The van der Waals surface area contributed by atoms with Crippen LogP contribution in [-0.4, -0.2) is 90.7 Å². The Morgan fingerprint density at radius 2 is 2.00 bits per heavy atom. The van der Waals surface area contributed by atoms with Crippen LogP contribution in [0.25, 0.3) is 11.2 Å². The van der Waals surface area contributed by atoms with Crippen LogP contribution in [0.3, 0.4) is 0 Å². The molecule has 0 aliphatic carbocycles. The van der Waals surface area contributed by atoms with E-state index in [1.807, 2.05) is 27.7 Å². The largest absolute Gasteiger partial charge is 0.474 e. The fraction of sp³-hybridized carbons (Fsp3) is 0.704. The topological polar surface area (TPSA) is 117 Å². The lowest BCUT2D eigenvalue weighted by molar-refractivity contribution is 0.0185. The van der Waals surface area contributed by atoms with E-state index >= 15 is 0 Å². The normalized spacial score (nSPS) is 16.9. The summed E-state index contributed by atoms with van der Waals surface area (Å²) in [6.45, 7) is 16.5. The highest BCUT2D eigenvalue weighted by molar-refractivity contribution is 6.76. The van der Waals surface area contributed by atoms with Crippen LogP contribution in [0.15, 0.2) is 12.4 Å². The summed E-state index contributed by atoms with van der Waals surface area (Å²) in [5.74, 6) is 0.0127. The van der Waals surface area contributed by atoms with Gasteiger partial charge in [0.2, 0.25) is 5.88 Å². The van der Waals surface area contributed by atoms with E-state index in [9.17, 15) is 9.59 Å². The molecule has 218 valence electrons. The van der Waals surface area contributed by atoms with Crippen LogP contribution < -0.4 is 10.1 Å². The summed E-state index contributed by atoms with van der Waals surface area (Å²) in [5, 5.41) is 2.94. The number of hydrogen-bond donors (Lipinski definition) is 1. The second-order valence-corrected chi connectivity index (χ2v) is 18.0. The van der Waals surface area contributed by atoms with Crippen molar-refractivity contribution in [2.24, 2.45) is 0 Å². The summed E-state index contributed by atoms with van der Waals surface area (Å²) in [4.78, 5) is 36.7. The Hall–Kier alpha value is -2.70. The first kappa shape index (κ1) is 30.8. The van der Waals surface area contributed by atoms with E-state index in [1.54, 1.807) is 29.0 Å². The molecule has 11 nitrogen and oxygen atoms in total. The Balaban J connectivity index is 1.77. The molecule has 2 amide bonds. The average molecular weight is 564 g/mol. The number of hydrogen-bond acceptors (Lipinski definition) is 8. The smallest absolute Gasteiger partial charge is 0.410 e. The molecule has 0 saturated carbocycles. The van der Waals surface area contributed by atoms with E-state index in [4.69, 9.17) is 18.9 Å². The van der Waals surface area contributed by atoms with Gasteiger partial charge in [0.15, 0.2) is 5.65 Å². The van der Waals surface area contributed by atoms with Crippen LogP contribution in [-0.2, 0) is 20.9 Å². The number of aromatic nitrogens is 3. The zero-order valence-corrected chi connectivity index (χ0v) is 25.7. The number of rotatable bonds is 12. The summed E-state index contributed by atoms with van der Waals surface area (Å²) in [6, 6.07) is 0.737. The van der Waals surface area contributed by atoms with E-state index in [-0.39, 0.29) is 43.3 Å². The molecule has 0 radical (unpaired) electrons. The predicted octanol–water partition coefficient (Wildman–Crippen LogP) is 4.29. The Labute approximate surface area is 232 Å². The van der Waals surface area contributed by atoms with E-state index in [1.165, 1.54) is 0 Å². The van der Waals surface area contributed by atoms with Crippen molar-refractivity contribution in [2.45, 2.75) is 90.6 Å². The minimum atomic E-state index is -1.23. The third kappa shape index (κ3) is 9.18. The lowest BCUT2D eigenvalue weighted by Gasteiger charge is -2.28. The Morgan fingerprint density at radius 3 is 2.67 bits per heavy atom. The van der Waals surface area contributed by atoms with Gasteiger partial charge in [0, 0.05) is 40.6 Å². The quantitative estimate of drug-likeness (QED) is 0.300. The number of ether oxygens (including phenoxy) is 4. The number of methoxy groups -OCH3 is 1. The van der Waals surface area contributed by atoms with Crippen molar-refractivity contribution in [3.63, 3.8) is 0 Å². The molecule has 39 heavy (non-hydrogen) atoms. The summed E-state index contributed by atoms with van der Waals surface area (Å²) in [6.07, 6.45) is 4.61. The highest BCUT2D eigenvalue weighted by Gasteiger charge is 2.33. The number of carbonyl (C=O) groups excluding carboxylic acids is 2. The molecule has 1 aliphatic heterocycles. The Bertz CT molecular complexity index is 1130. The van der Waals surface area contributed by atoms with Gasteiger partial charge in [-0.05, 0) is 46.6 Å². The predicted molar refractivity (Wildman–Crippen MR) is 152 cm³/mol. The maximum atomic E-state index is 13.1. The van der Waals surface area contributed by atoms with Gasteiger partial charge in [-0.3, -0.25) is 4.79 Å². The fourth-order valence-electron chi connectivity index (χ4n) is 4.26. The van der Waals surface area contributed by atoms with Crippen LogP contribution in [0.2, 0.25) is 25.7 Å². The van der Waals surface area contributed by atoms with Gasteiger partial charge in [-0.1, -0.05) is 19.6 Å². The molecule has 1 aliphatic rings. The van der Waals surface area contributed by atoms with Gasteiger partial charge < -0.3 is 33.7 Å². The minimum absolute atomic E-state index is 0.126. The van der Waals surface area contributed by atoms with Crippen LogP contribution in [0, 0.1) is 0 Å². The van der Waals surface area contributed by atoms with Crippen molar-refractivity contribution in [1.82, 2.24) is 24.8 Å². The zero-order valence-electron chi connectivity index (χ0n) is 24.7. The molecule has 12 heteroatoms. The molecule has 2 atom stereocenters. The van der Waals surface area contributed by atoms with Crippen LogP contribution >= 0.6 is 0 Å². The molecular weight excluding hydrogens is 518 g/mol. The Morgan fingerprint density at radius 1 is 1.26 bits per heavy atom. The maximum absolute atomic E-state index is 13.1. The number of carbonyl (C=O) groups is 2. The van der Waals surface area contributed by atoms with Gasteiger partial charge in [-0.2, -0.15) is 0 Å². The van der Waals surface area contributed by atoms with Crippen molar-refractivity contribution < 1.29 is 28.5 Å². The van der Waals surface area contributed by atoms with E-state index in [0.717, 1.165) is 18.9 Å². The van der Waals surface area contributed by atoms with Crippen molar-refractivity contribution in [1.29, 1.82) is 0 Å². The molecular formula is C27H45N5O6Si. The molecule has 1 unspecified atom stereocenters. The number of nitrogens with zero attached hydrogens (tertiary/aromatic N) is 4. The standard InChI is InChI=1S/C27H45N5O6Si/c1-19(16-35-5)29-25(33)21-15-31(18-36-12-13-39(6,7)8)24-23(21)30-22(14-28-24)37-17-20-10-9-11-32(20)26(34)38-27(2,3)4/h14-15,19-20H,9-13,16-18H2,1-8H3,(H,29,33)/t19-,20?/m0/s1. The number of nitrogens with one attached hydrogen (secondary N) is 1. The SMILES string of the molecule is COC[C@H](C)NC(=O)c1cn(COCC[Si](C)(C)C)c2ncc(OCC3CCCN3C(=O)OC(C)(C)C)nc12. The van der Waals surface area contributed by atoms with Gasteiger partial charge in [-0.15, -0.1) is 0 Å². The molecule has 3 heterocycles. The Kier molecular flexibility index (Phi) is 10.4. The molecule has 1 saturated heterocycles. The lowest BCUT2D eigenvalue weighted by Crippen LogP contribution is -2.42. The van der Waals surface area contributed by atoms with Gasteiger partial charge >= 0.3 is 6.09 Å². The third-order valence-corrected chi connectivity index (χ3v) is 7.94. The molecule has 1 N–H and O–H groups in total. The van der Waals surface area contributed by atoms with Crippen molar-refractivity contribution in [3.05, 3.63) is 18.0 Å². The highest BCUT2D eigenvalue weighted by Crippen LogP contribution is 2.24. The summed E-state index contributed by atoms with van der Waals surface area (Å²) < 4.78 is 24.4. The fourth-order valence-corrected chi connectivity index (χ4v) is 5.01. The first-order valence-electron chi connectivity index (χ1n) is 13.6. The monoisotopic (exact) mass is 563 g/mol. The summed E-state index contributed by atoms with van der Waals surface area (Å²) >= 11 is 0. The second kappa shape index (κ2) is 13.1. The molecule has 3 rings (SSSR count). The van der Waals surface area contributed by atoms with E-state index in [2.05, 4.69) is 34.9 Å². The van der Waals surface area contributed by atoms with E-state index in [0.29, 0.717) is 36.5 Å². The second-order valence-electron chi connectivity index (χ2n) is 12.4. The molecule has 0 spiro atoms. The van der Waals surface area contributed by atoms with Gasteiger partial charge in [0.05, 0.1) is 24.4 Å². The third-order valence-electron chi connectivity index (χ3n) is 6.24. The summed E-state index contributed by atoms with van der Waals surface area (Å²) in [7, 11) is 0.366. The molecule has 2 aromatic heterocycles. The van der Waals surface area contributed by atoms with Gasteiger partial charge in [0.25, 0.3) is 5.91 Å². The van der Waals surface area contributed by atoms with Crippen LogP contribution in [0.1, 0.15) is 50.9 Å². The molecule has 0 aromatic carbocycles. The number of likely N-dealkylation sites (tertiary alicyclic amines) is 1. The average Bonchev–Trinajstić information content (AvgIpc) is 3.43. The van der Waals surface area contributed by atoms with Crippen molar-refractivity contribution in [3.8, 4) is 5.88 Å². The van der Waals surface area contributed by atoms with Crippen LogP contribution in [0.5, 0.6) is 5.88 Å². The van der Waals surface area contributed by atoms with Crippen molar-refractivity contribution >= 4 is 31.2 Å². The minimum Gasteiger partial charge on any atom is -0.474 e. The van der Waals surface area contributed by atoms with E-state index < -0.39 is 13.7 Å². The zero-order chi connectivity index (χ0) is 28.8. The highest BCUT2D eigenvalue weighted by atomic mass is 28.3.